The first kappa shape index (κ1) is 52.1. The molecule has 2 N–H and O–H groups in total. The van der Waals surface area contributed by atoms with Crippen LogP contribution in [0.1, 0.15) is 154 Å². The zero-order valence-corrected chi connectivity index (χ0v) is 35.2. The Morgan fingerprint density at radius 3 is 0.964 bits per heavy atom. The van der Waals surface area contributed by atoms with Crippen molar-refractivity contribution in [2.45, 2.75) is 156 Å². The zero-order valence-electron chi connectivity index (χ0n) is 35.2. The molecule has 12 heteroatoms. The number of carbonyl (C=O) groups is 2. The van der Waals surface area contributed by atoms with Crippen molar-refractivity contribution in [1.82, 2.24) is 0 Å². The van der Waals surface area contributed by atoms with E-state index in [0.29, 0.717) is 0 Å². The second kappa shape index (κ2) is 35.5. The number of nitro benzene ring substituents is 2. The summed E-state index contributed by atoms with van der Waals surface area (Å²) in [6.45, 7) is 16.9. The number of nitrogens with one attached hydrogen (secondary N) is 2. The van der Waals surface area contributed by atoms with Gasteiger partial charge in [0.1, 0.15) is 0 Å². The zero-order chi connectivity index (χ0) is 41.8. The summed E-state index contributed by atoms with van der Waals surface area (Å²) in [6.07, 6.45) is 25.7. The van der Waals surface area contributed by atoms with Crippen LogP contribution in [0.25, 0.3) is 0 Å². The van der Waals surface area contributed by atoms with Gasteiger partial charge in [-0.2, -0.15) is 0 Å². The van der Waals surface area contributed by atoms with Gasteiger partial charge in [0.05, 0.1) is 61.1 Å². The number of quaternary nitrogens is 2. The van der Waals surface area contributed by atoms with Gasteiger partial charge in [0.15, 0.2) is 0 Å². The van der Waals surface area contributed by atoms with Gasteiger partial charge >= 0.3 is 0 Å². The van der Waals surface area contributed by atoms with Gasteiger partial charge in [0, 0.05) is 24.3 Å². The monoisotopic (exact) mass is 787 g/mol. The molecule has 2 unspecified atom stereocenters. The molecule has 0 heterocycles. The van der Waals surface area contributed by atoms with Crippen LogP contribution in [0.2, 0.25) is 0 Å². The molecule has 0 amide bonds. The van der Waals surface area contributed by atoms with Crippen LogP contribution in [0, 0.1) is 20.2 Å². The third-order valence-electron chi connectivity index (χ3n) is 9.99. The number of non-ortho nitro benzene ring substituents is 2. The molecule has 12 nitrogen and oxygen atoms in total. The maximum Gasteiger partial charge on any atom is 0.269 e. The molecule has 318 valence electrons. The van der Waals surface area contributed by atoms with Gasteiger partial charge in [-0.1, -0.05) is 103 Å². The number of hydrogen-bond acceptors (Lipinski definition) is 8. The topological polar surface area (TPSA) is 175 Å². The summed E-state index contributed by atoms with van der Waals surface area (Å²) in [6, 6.07) is 14.0. The Labute approximate surface area is 337 Å². The van der Waals surface area contributed by atoms with Gasteiger partial charge in [-0.25, -0.2) is 0 Å². The summed E-state index contributed by atoms with van der Waals surface area (Å²) in [5, 5.41) is 39.2. The smallest absolute Gasteiger partial charge is 0.269 e. The van der Waals surface area contributed by atoms with Crippen molar-refractivity contribution < 1.29 is 39.4 Å². The molecule has 56 heavy (non-hydrogen) atoms. The third kappa shape index (κ3) is 29.4. The Morgan fingerprint density at radius 2 is 0.696 bits per heavy atom. The predicted molar refractivity (Wildman–Crippen MR) is 221 cm³/mol. The highest BCUT2D eigenvalue weighted by Crippen LogP contribution is 2.14. The average Bonchev–Trinajstić information content (AvgIpc) is 3.19. The number of rotatable bonds is 30. The fourth-order valence-electron chi connectivity index (χ4n) is 6.54. The first-order chi connectivity index (χ1) is 27.0. The molecule has 0 aliphatic rings. The largest absolute Gasteiger partial charge is 0.543 e. The van der Waals surface area contributed by atoms with Crippen molar-refractivity contribution >= 4 is 23.3 Å². The first-order valence-corrected chi connectivity index (χ1v) is 21.5. The van der Waals surface area contributed by atoms with Crippen molar-refractivity contribution in [2.24, 2.45) is 0 Å². The van der Waals surface area contributed by atoms with E-state index >= 15 is 0 Å². The molecule has 0 saturated carbocycles. The van der Waals surface area contributed by atoms with Crippen LogP contribution < -0.4 is 20.0 Å². The molecule has 0 aromatic heterocycles. The van der Waals surface area contributed by atoms with E-state index < -0.39 is 11.9 Å². The van der Waals surface area contributed by atoms with E-state index in [1.54, 1.807) is 34.1 Å². The molecule has 0 radical (unpaired) electrons. The highest BCUT2D eigenvalue weighted by atomic mass is 16.6. The number of carboxylic acid groups (broad SMARTS) is 2. The second-order valence-electron chi connectivity index (χ2n) is 14.9. The molecule has 0 saturated heterocycles. The number of carboxylic acids is 2. The molecule has 0 aliphatic carbocycles. The van der Waals surface area contributed by atoms with Crippen molar-refractivity contribution in [1.29, 1.82) is 0 Å². The van der Waals surface area contributed by atoms with E-state index in [2.05, 4.69) is 27.7 Å². The molecule has 2 rings (SSSR count). The lowest BCUT2D eigenvalue weighted by molar-refractivity contribution is -0.901. The van der Waals surface area contributed by atoms with Crippen molar-refractivity contribution in [2.75, 3.05) is 39.3 Å². The number of unbranched alkanes of at least 4 members (excludes halogenated alkanes) is 12. The Kier molecular flexibility index (Phi) is 33.0. The predicted octanol–water partition coefficient (Wildman–Crippen LogP) is 5.63. The van der Waals surface area contributed by atoms with E-state index in [1.807, 2.05) is 24.3 Å². The van der Waals surface area contributed by atoms with Crippen LogP contribution in [0.15, 0.2) is 48.5 Å². The molecule has 0 spiro atoms. The molecule has 2 aromatic carbocycles. The maximum atomic E-state index is 10.7. The minimum atomic E-state index is -2.19. The van der Waals surface area contributed by atoms with E-state index in [4.69, 9.17) is 19.8 Å². The lowest BCUT2D eigenvalue weighted by Crippen LogP contribution is -3.12. The Balaban J connectivity index is 0.000000942. The Hall–Kier alpha value is -3.90. The van der Waals surface area contributed by atoms with Crippen LogP contribution >= 0.6 is 0 Å². The lowest BCUT2D eigenvalue weighted by Gasteiger charge is -2.19. The van der Waals surface area contributed by atoms with E-state index in [9.17, 15) is 20.2 Å². The fraction of sp³-hybridized carbons (Fsp3) is 0.682. The van der Waals surface area contributed by atoms with Gasteiger partial charge in [-0.3, -0.25) is 20.2 Å². The van der Waals surface area contributed by atoms with Crippen molar-refractivity contribution in [3.05, 3.63) is 79.9 Å². The highest BCUT2D eigenvalue weighted by Gasteiger charge is 2.10. The second-order valence-corrected chi connectivity index (χ2v) is 14.9. The molecule has 2 atom stereocenters. The average molecular weight is 787 g/mol. The highest BCUT2D eigenvalue weighted by molar-refractivity contribution is 6.25. The summed E-state index contributed by atoms with van der Waals surface area (Å²) in [7, 11) is 0. The minimum Gasteiger partial charge on any atom is -0.543 e. The minimum absolute atomic E-state index is 0.182. The number of carbonyl (C=O) groups excluding carboxylic acids is 2. The van der Waals surface area contributed by atoms with Gasteiger partial charge in [-0.05, 0) is 88.2 Å². The maximum absolute atomic E-state index is 10.7. The molecular formula is C44H74N4O8. The summed E-state index contributed by atoms with van der Waals surface area (Å²) < 4.78 is 0. The van der Waals surface area contributed by atoms with Crippen molar-refractivity contribution in [3.8, 4) is 0 Å². The normalized spacial score (nSPS) is 11.7. The lowest BCUT2D eigenvalue weighted by atomic mass is 10.1. The summed E-state index contributed by atoms with van der Waals surface area (Å²) >= 11 is 0. The SMILES string of the molecule is CCCCCCC[NH+](CCCC)CCCCc1ccc([N+](=O)[O-])cc1.CCCCCCC[NH+](CCCC)CCCCc1ccc([N+](=O)[O-])cc1.O=C([O-])C(=O)[O-]. The van der Waals surface area contributed by atoms with Crippen LogP contribution in [-0.2, 0) is 22.4 Å². The summed E-state index contributed by atoms with van der Waals surface area (Å²) in [5.74, 6) is -4.37. The quantitative estimate of drug-likeness (QED) is 0.0443. The van der Waals surface area contributed by atoms with Crippen LogP contribution in [0.5, 0.6) is 0 Å². The molecule has 2 aromatic rings. The third-order valence-corrected chi connectivity index (χ3v) is 9.99. The summed E-state index contributed by atoms with van der Waals surface area (Å²) in [4.78, 5) is 42.1. The summed E-state index contributed by atoms with van der Waals surface area (Å²) in [5.41, 5.74) is 2.78. The Morgan fingerprint density at radius 1 is 0.429 bits per heavy atom. The number of aliphatic carboxylic acids is 2. The van der Waals surface area contributed by atoms with E-state index in [0.717, 1.165) is 12.8 Å². The number of nitrogens with zero attached hydrogens (tertiary/aromatic N) is 2. The number of nitro groups is 2. The van der Waals surface area contributed by atoms with Gasteiger partial charge in [-0.15, -0.1) is 0 Å². The number of benzene rings is 2. The number of hydrogen-bond donors (Lipinski definition) is 2. The van der Waals surface area contributed by atoms with Crippen LogP contribution in [-0.4, -0.2) is 61.1 Å². The molecule has 0 aliphatic heterocycles. The molecule has 0 bridgehead atoms. The van der Waals surface area contributed by atoms with Crippen molar-refractivity contribution in [3.63, 3.8) is 0 Å². The van der Waals surface area contributed by atoms with Gasteiger partial charge in [0.25, 0.3) is 11.4 Å². The standard InChI is InChI=1S/2C21H36N2O2.C2H2O4/c2*1-3-5-7-8-10-18-22(17-6-4-2)19-11-9-12-20-13-15-21(16-14-20)23(24)25;3-1(4)2(5)6/h2*13-16H,3-12,17-19H2,1-2H3;(H,3,4)(H,5,6). The first-order valence-electron chi connectivity index (χ1n) is 21.5. The molecule has 0 fully saturated rings. The van der Waals surface area contributed by atoms with Gasteiger partial charge < -0.3 is 29.6 Å². The van der Waals surface area contributed by atoms with E-state index in [1.165, 1.54) is 166 Å². The van der Waals surface area contributed by atoms with Crippen LogP contribution in [0.4, 0.5) is 11.4 Å². The fourth-order valence-corrected chi connectivity index (χ4v) is 6.54. The van der Waals surface area contributed by atoms with E-state index in [-0.39, 0.29) is 21.2 Å². The molecular weight excluding hydrogens is 713 g/mol. The Bertz CT molecular complexity index is 1190. The van der Waals surface area contributed by atoms with Crippen LogP contribution in [0.3, 0.4) is 0 Å². The van der Waals surface area contributed by atoms with Gasteiger partial charge in [0.2, 0.25) is 0 Å². The number of aryl methyl sites for hydroxylation is 2.